The number of H-pyrrole nitrogens is 1. The number of aromatic nitrogens is 1. The van der Waals surface area contributed by atoms with Crippen molar-refractivity contribution < 1.29 is 19.4 Å². The summed E-state index contributed by atoms with van der Waals surface area (Å²) >= 11 is 0. The van der Waals surface area contributed by atoms with Crippen LogP contribution in [0.5, 0.6) is 5.75 Å². The number of hydrogen-bond acceptors (Lipinski definition) is 5. The average Bonchev–Trinajstić information content (AvgIpc) is 3.14. The second-order valence-electron chi connectivity index (χ2n) is 7.77. The molecule has 1 aliphatic rings. The van der Waals surface area contributed by atoms with Gasteiger partial charge in [-0.15, -0.1) is 0 Å². The molecule has 152 valence electrons. The number of ether oxygens (including phenoxy) is 1. The molecule has 2 aromatic carbocycles. The maximum Gasteiger partial charge on any atom is 0.258 e. The van der Waals surface area contributed by atoms with E-state index in [1.54, 1.807) is 30.3 Å². The van der Waals surface area contributed by atoms with Gasteiger partial charge in [-0.1, -0.05) is 19.9 Å². The van der Waals surface area contributed by atoms with Gasteiger partial charge in [0.2, 0.25) is 0 Å². The number of aliphatic hydroxyl groups is 1. The molecule has 0 saturated carbocycles. The number of benzene rings is 2. The maximum absolute atomic E-state index is 13.3. The van der Waals surface area contributed by atoms with Crippen LogP contribution in [0.25, 0.3) is 10.9 Å². The molecule has 3 aromatic rings. The Morgan fingerprint density at radius 3 is 2.80 bits per heavy atom. The Kier molecular flexibility index (Phi) is 4.80. The van der Waals surface area contributed by atoms with Crippen LogP contribution in [0.3, 0.4) is 0 Å². The van der Waals surface area contributed by atoms with Crippen molar-refractivity contribution in [2.45, 2.75) is 19.3 Å². The Labute approximate surface area is 173 Å². The van der Waals surface area contributed by atoms with Gasteiger partial charge < -0.3 is 20.1 Å². The summed E-state index contributed by atoms with van der Waals surface area (Å²) in [6.45, 7) is 3.90. The van der Waals surface area contributed by atoms with Crippen LogP contribution < -0.4 is 10.1 Å². The fraction of sp³-hybridized carbons (Fsp3) is 0.261. The molecule has 1 aliphatic carbocycles. The number of aromatic amines is 1. The molecule has 30 heavy (non-hydrogen) atoms. The molecule has 0 fully saturated rings. The van der Waals surface area contributed by atoms with Crippen molar-refractivity contribution in [3.63, 3.8) is 0 Å². The first kappa shape index (κ1) is 19.7. The molecule has 0 saturated heterocycles. The molecule has 7 nitrogen and oxygen atoms in total. The summed E-state index contributed by atoms with van der Waals surface area (Å²) in [5.74, 6) is 0.0749. The van der Waals surface area contributed by atoms with Crippen LogP contribution >= 0.6 is 0 Å². The van der Waals surface area contributed by atoms with Gasteiger partial charge in [-0.25, -0.2) is 0 Å². The number of aliphatic hydroxyl groups excluding tert-OH is 1. The Bertz CT molecular complexity index is 1220. The lowest BCUT2D eigenvalue weighted by Gasteiger charge is -2.32. The van der Waals surface area contributed by atoms with Crippen molar-refractivity contribution in [3.05, 3.63) is 64.3 Å². The third-order valence-corrected chi connectivity index (χ3v) is 5.49. The lowest BCUT2D eigenvalue weighted by atomic mass is 9.71. The highest BCUT2D eigenvalue weighted by molar-refractivity contribution is 6.20. The van der Waals surface area contributed by atoms with E-state index in [0.717, 1.165) is 22.2 Å². The summed E-state index contributed by atoms with van der Waals surface area (Å²) < 4.78 is 5.59. The molecule has 0 unspecified atom stereocenters. The highest BCUT2D eigenvalue weighted by atomic mass is 16.5. The topological polar surface area (TPSA) is 115 Å². The summed E-state index contributed by atoms with van der Waals surface area (Å²) in [6.07, 6.45) is 0. The number of carbonyl (C=O) groups excluding carboxylic acids is 2. The highest BCUT2D eigenvalue weighted by Crippen LogP contribution is 2.44. The average molecular weight is 403 g/mol. The Balaban J connectivity index is 1.72. The fourth-order valence-corrected chi connectivity index (χ4v) is 3.96. The number of rotatable bonds is 5. The van der Waals surface area contributed by atoms with Gasteiger partial charge in [0.25, 0.3) is 5.91 Å². The fourth-order valence-electron chi connectivity index (χ4n) is 3.96. The van der Waals surface area contributed by atoms with Crippen molar-refractivity contribution >= 4 is 22.6 Å². The Hall–Kier alpha value is -3.63. The SMILES string of the molecule is CC1(C)c2cc(OCC(=O)NCCO)ccc2C(=O)c2c1[nH]c1cc(C#N)ccc21. The van der Waals surface area contributed by atoms with E-state index in [1.807, 2.05) is 19.9 Å². The van der Waals surface area contributed by atoms with Crippen LogP contribution in [-0.2, 0) is 10.2 Å². The van der Waals surface area contributed by atoms with Gasteiger partial charge in [0, 0.05) is 34.1 Å². The van der Waals surface area contributed by atoms with Gasteiger partial charge in [0.05, 0.1) is 23.8 Å². The third-order valence-electron chi connectivity index (χ3n) is 5.49. The third kappa shape index (κ3) is 3.11. The first-order valence-corrected chi connectivity index (χ1v) is 9.62. The molecular weight excluding hydrogens is 382 g/mol. The van der Waals surface area contributed by atoms with Gasteiger partial charge in [-0.05, 0) is 35.9 Å². The van der Waals surface area contributed by atoms with Gasteiger partial charge >= 0.3 is 0 Å². The molecule has 1 amide bonds. The molecular formula is C23H21N3O4. The van der Waals surface area contributed by atoms with E-state index in [2.05, 4.69) is 16.4 Å². The van der Waals surface area contributed by atoms with E-state index in [1.165, 1.54) is 0 Å². The van der Waals surface area contributed by atoms with E-state index in [4.69, 9.17) is 9.84 Å². The minimum Gasteiger partial charge on any atom is -0.484 e. The zero-order valence-electron chi connectivity index (χ0n) is 16.7. The van der Waals surface area contributed by atoms with Gasteiger partial charge in [0.15, 0.2) is 12.4 Å². The lowest BCUT2D eigenvalue weighted by Crippen LogP contribution is -2.32. The van der Waals surface area contributed by atoms with Gasteiger partial charge in [0.1, 0.15) is 5.75 Å². The number of nitrogens with zero attached hydrogens (tertiary/aromatic N) is 1. The molecule has 0 aliphatic heterocycles. The van der Waals surface area contributed by atoms with Crippen molar-refractivity contribution in [1.82, 2.24) is 10.3 Å². The second kappa shape index (κ2) is 7.32. The predicted octanol–water partition coefficient (Wildman–Crippen LogP) is 2.40. The number of nitriles is 1. The van der Waals surface area contributed by atoms with E-state index in [0.29, 0.717) is 22.4 Å². The smallest absolute Gasteiger partial charge is 0.258 e. The molecule has 1 heterocycles. The van der Waals surface area contributed by atoms with E-state index >= 15 is 0 Å². The maximum atomic E-state index is 13.3. The van der Waals surface area contributed by atoms with Crippen LogP contribution in [0.2, 0.25) is 0 Å². The van der Waals surface area contributed by atoms with Crippen LogP contribution in [-0.4, -0.2) is 41.5 Å². The molecule has 3 N–H and O–H groups in total. The van der Waals surface area contributed by atoms with E-state index in [9.17, 15) is 14.9 Å². The number of amides is 1. The summed E-state index contributed by atoms with van der Waals surface area (Å²) in [7, 11) is 0. The predicted molar refractivity (Wildman–Crippen MR) is 111 cm³/mol. The van der Waals surface area contributed by atoms with E-state index in [-0.39, 0.29) is 31.4 Å². The Morgan fingerprint density at radius 2 is 2.07 bits per heavy atom. The quantitative estimate of drug-likeness (QED) is 0.605. The van der Waals surface area contributed by atoms with Crippen molar-refractivity contribution in [3.8, 4) is 11.8 Å². The van der Waals surface area contributed by atoms with Gasteiger partial charge in [-0.3, -0.25) is 9.59 Å². The molecule has 0 radical (unpaired) electrons. The summed E-state index contributed by atoms with van der Waals surface area (Å²) in [5.41, 5.74) is 3.59. The molecule has 7 heteroatoms. The molecule has 0 atom stereocenters. The standard InChI is InChI=1S/C23H21N3O4/c1-23(2)17-10-14(30-12-19(28)25-7-8-27)4-6-15(17)21(29)20-16-5-3-13(11-24)9-18(16)26-22(20)23/h3-6,9-10,26-27H,7-8,12H2,1-2H3,(H,25,28). The first-order valence-electron chi connectivity index (χ1n) is 9.62. The number of nitrogens with one attached hydrogen (secondary N) is 2. The van der Waals surface area contributed by atoms with E-state index < -0.39 is 5.41 Å². The summed E-state index contributed by atoms with van der Waals surface area (Å²) in [4.78, 5) is 28.4. The summed E-state index contributed by atoms with van der Waals surface area (Å²) in [5, 5.41) is 21.3. The van der Waals surface area contributed by atoms with Crippen LogP contribution in [0.15, 0.2) is 36.4 Å². The van der Waals surface area contributed by atoms with Crippen molar-refractivity contribution in [1.29, 1.82) is 5.26 Å². The zero-order valence-corrected chi connectivity index (χ0v) is 16.7. The minimum atomic E-state index is -0.511. The molecule has 0 bridgehead atoms. The van der Waals surface area contributed by atoms with Crippen LogP contribution in [0.1, 0.15) is 46.6 Å². The number of fused-ring (bicyclic) bond motifs is 4. The van der Waals surface area contributed by atoms with Gasteiger partial charge in [-0.2, -0.15) is 5.26 Å². The van der Waals surface area contributed by atoms with Crippen molar-refractivity contribution in [2.75, 3.05) is 19.8 Å². The number of carbonyl (C=O) groups is 2. The number of hydrogen-bond donors (Lipinski definition) is 3. The molecule has 4 rings (SSSR count). The molecule has 0 spiro atoms. The first-order chi connectivity index (χ1) is 14.4. The normalized spacial score (nSPS) is 14.0. The summed E-state index contributed by atoms with van der Waals surface area (Å²) in [6, 6.07) is 12.6. The minimum absolute atomic E-state index is 0.0810. The highest BCUT2D eigenvalue weighted by Gasteiger charge is 2.39. The molecule has 1 aromatic heterocycles. The van der Waals surface area contributed by atoms with Crippen molar-refractivity contribution in [2.24, 2.45) is 0 Å². The largest absolute Gasteiger partial charge is 0.484 e. The number of ketones is 1. The Morgan fingerprint density at radius 1 is 1.27 bits per heavy atom. The van der Waals surface area contributed by atoms with Crippen LogP contribution in [0.4, 0.5) is 0 Å². The van der Waals surface area contributed by atoms with Crippen LogP contribution in [0, 0.1) is 11.3 Å². The monoisotopic (exact) mass is 403 g/mol. The lowest BCUT2D eigenvalue weighted by molar-refractivity contribution is -0.123. The second-order valence-corrected chi connectivity index (χ2v) is 7.77. The zero-order chi connectivity index (χ0) is 21.5.